The molecule has 2 heterocycles. The first-order chi connectivity index (χ1) is 22.8. The van der Waals surface area contributed by atoms with Gasteiger partial charge < -0.3 is 30.3 Å². The predicted octanol–water partition coefficient (Wildman–Crippen LogP) is 2.51. The molecule has 5 rings (SSSR count). The molecule has 12 heteroatoms. The molecule has 2 saturated heterocycles. The van der Waals surface area contributed by atoms with Gasteiger partial charge in [-0.15, -0.1) is 6.58 Å². The van der Waals surface area contributed by atoms with Crippen LogP contribution in [0.2, 0.25) is 0 Å². The molecule has 3 N–H and O–H groups in total. The molecule has 0 bridgehead atoms. The molecule has 2 fully saturated rings. The number of amides is 5. The third-order valence-corrected chi connectivity index (χ3v) is 8.18. The van der Waals surface area contributed by atoms with E-state index in [9.17, 15) is 24.3 Å². The second kappa shape index (κ2) is 15.4. The molecule has 2 aliphatic rings. The van der Waals surface area contributed by atoms with Crippen LogP contribution < -0.4 is 10.6 Å². The van der Waals surface area contributed by atoms with E-state index in [1.807, 2.05) is 36.4 Å². The minimum Gasteiger partial charge on any atom is -0.508 e. The number of nitrogens with one attached hydrogen (secondary N) is 2. The van der Waals surface area contributed by atoms with E-state index in [2.05, 4.69) is 17.2 Å². The number of hydrogen-bond donors (Lipinski definition) is 3. The van der Waals surface area contributed by atoms with Crippen LogP contribution in [0.25, 0.3) is 0 Å². The molecule has 47 heavy (non-hydrogen) atoms. The number of phenolic OH excluding ortho intramolecular Hbond substituents is 1. The first kappa shape index (κ1) is 33.2. The van der Waals surface area contributed by atoms with Crippen LogP contribution in [-0.4, -0.2) is 101 Å². The van der Waals surface area contributed by atoms with E-state index in [1.165, 1.54) is 22.0 Å². The Morgan fingerprint density at radius 3 is 2.45 bits per heavy atom. The van der Waals surface area contributed by atoms with Gasteiger partial charge in [0, 0.05) is 45.3 Å². The maximum absolute atomic E-state index is 14.2. The lowest BCUT2D eigenvalue weighted by molar-refractivity contribution is -0.189. The highest BCUT2D eigenvalue weighted by Gasteiger charge is 2.51. The summed E-state index contributed by atoms with van der Waals surface area (Å²) in [5.41, 5.74) is 2.83. The first-order valence-electron chi connectivity index (χ1n) is 15.5. The lowest BCUT2D eigenvalue weighted by Gasteiger charge is -2.55. The molecule has 12 nitrogen and oxygen atoms in total. The summed E-state index contributed by atoms with van der Waals surface area (Å²) in [5, 5.41) is 18.8. The third-order valence-electron chi connectivity index (χ3n) is 8.18. The van der Waals surface area contributed by atoms with Crippen LogP contribution in [0.5, 0.6) is 5.75 Å². The van der Waals surface area contributed by atoms with Crippen molar-refractivity contribution in [2.45, 2.75) is 31.7 Å². The summed E-state index contributed by atoms with van der Waals surface area (Å²) in [6.07, 6.45) is 0.997. The summed E-state index contributed by atoms with van der Waals surface area (Å²) < 4.78 is 5.02. The van der Waals surface area contributed by atoms with E-state index >= 15 is 0 Å². The Bertz CT molecular complexity index is 1580. The van der Waals surface area contributed by atoms with Gasteiger partial charge in [0.05, 0.1) is 19.7 Å². The molecular formula is C35H40N6O6. The van der Waals surface area contributed by atoms with Crippen molar-refractivity contribution in [2.24, 2.45) is 0 Å². The average molecular weight is 641 g/mol. The predicted molar refractivity (Wildman–Crippen MR) is 175 cm³/mol. The zero-order chi connectivity index (χ0) is 33.3. The Morgan fingerprint density at radius 1 is 0.979 bits per heavy atom. The number of benzene rings is 3. The number of aromatic hydroxyl groups is 1. The monoisotopic (exact) mass is 640 g/mol. The number of piperazine rings is 1. The van der Waals surface area contributed by atoms with Crippen molar-refractivity contribution in [1.82, 2.24) is 30.5 Å². The van der Waals surface area contributed by atoms with Gasteiger partial charge in [0.25, 0.3) is 5.91 Å². The number of carbonyl (C=O) groups excluding carboxylic acids is 4. The molecule has 0 radical (unpaired) electrons. The van der Waals surface area contributed by atoms with E-state index in [1.54, 1.807) is 53.4 Å². The van der Waals surface area contributed by atoms with Crippen molar-refractivity contribution in [1.29, 1.82) is 0 Å². The van der Waals surface area contributed by atoms with Gasteiger partial charge >= 0.3 is 6.03 Å². The quantitative estimate of drug-likeness (QED) is 0.205. The smallest absolute Gasteiger partial charge is 0.334 e. The molecule has 2 atom stereocenters. The van der Waals surface area contributed by atoms with Crippen LogP contribution in [0.4, 0.5) is 4.79 Å². The van der Waals surface area contributed by atoms with Crippen LogP contribution in [0.3, 0.4) is 0 Å². The fourth-order valence-electron chi connectivity index (χ4n) is 5.95. The number of phenols is 1. The molecule has 1 unspecified atom stereocenters. The fraction of sp³-hybridized carbons (Fsp3) is 0.314. The largest absolute Gasteiger partial charge is 0.508 e. The second-order valence-corrected chi connectivity index (χ2v) is 11.5. The summed E-state index contributed by atoms with van der Waals surface area (Å²) in [5.74, 6) is -0.732. The van der Waals surface area contributed by atoms with Gasteiger partial charge in [-0.3, -0.25) is 14.4 Å². The van der Waals surface area contributed by atoms with Crippen molar-refractivity contribution in [3.8, 4) is 5.75 Å². The topological polar surface area (TPSA) is 135 Å². The Balaban J connectivity index is 1.46. The molecule has 5 amide bonds. The van der Waals surface area contributed by atoms with Gasteiger partial charge in [-0.1, -0.05) is 60.7 Å². The molecule has 3 aromatic carbocycles. The van der Waals surface area contributed by atoms with Gasteiger partial charge in [-0.2, -0.15) is 0 Å². The Hall–Kier alpha value is -5.20. The number of methoxy groups -OCH3 is 1. The van der Waals surface area contributed by atoms with E-state index in [4.69, 9.17) is 4.74 Å². The van der Waals surface area contributed by atoms with Crippen LogP contribution in [0.1, 0.15) is 27.0 Å². The van der Waals surface area contributed by atoms with Crippen LogP contribution >= 0.6 is 0 Å². The molecule has 0 aliphatic carbocycles. The van der Waals surface area contributed by atoms with Crippen molar-refractivity contribution in [3.05, 3.63) is 114 Å². The minimum atomic E-state index is -0.915. The highest BCUT2D eigenvalue weighted by Crippen LogP contribution is 2.30. The molecule has 0 saturated carbocycles. The molecule has 246 valence electrons. The Kier molecular flexibility index (Phi) is 10.9. The molecule has 3 aromatic rings. The van der Waals surface area contributed by atoms with Crippen molar-refractivity contribution >= 4 is 23.8 Å². The van der Waals surface area contributed by atoms with Gasteiger partial charge in [-0.25, -0.2) is 14.8 Å². The molecular weight excluding hydrogens is 600 g/mol. The second-order valence-electron chi connectivity index (χ2n) is 11.5. The van der Waals surface area contributed by atoms with Gasteiger partial charge in [0.1, 0.15) is 18.0 Å². The average Bonchev–Trinajstić information content (AvgIpc) is 3.07. The maximum atomic E-state index is 14.2. The summed E-state index contributed by atoms with van der Waals surface area (Å²) in [6.45, 7) is 5.18. The maximum Gasteiger partial charge on any atom is 0.334 e. The number of hydrogen-bond acceptors (Lipinski definition) is 7. The molecule has 0 spiro atoms. The zero-order valence-electron chi connectivity index (χ0n) is 26.4. The van der Waals surface area contributed by atoms with E-state index < -0.39 is 18.2 Å². The number of rotatable bonds is 12. The van der Waals surface area contributed by atoms with Crippen LogP contribution in [0, 0.1) is 0 Å². The SMILES string of the molecule is C=CCN1CC(=O)N2C(CN(Cc3cccc(C(=O)NCCOC)c3)C(=O)[C@@H]2Cc2ccc(O)cc2)N1C(=O)NCc1ccccc1. The zero-order valence-corrected chi connectivity index (χ0v) is 26.4. The van der Waals surface area contributed by atoms with Gasteiger partial charge in [0.15, 0.2) is 0 Å². The Morgan fingerprint density at radius 2 is 1.72 bits per heavy atom. The number of ether oxygens (including phenoxy) is 1. The summed E-state index contributed by atoms with van der Waals surface area (Å²) >= 11 is 0. The van der Waals surface area contributed by atoms with E-state index in [0.29, 0.717) is 18.7 Å². The lowest BCUT2D eigenvalue weighted by atomic mass is 9.98. The summed E-state index contributed by atoms with van der Waals surface area (Å²) in [6, 6.07) is 21.7. The number of hydrazine groups is 1. The third kappa shape index (κ3) is 7.97. The number of nitrogens with zero attached hydrogens (tertiary/aromatic N) is 4. The van der Waals surface area contributed by atoms with Crippen LogP contribution in [-0.2, 0) is 33.8 Å². The lowest BCUT2D eigenvalue weighted by Crippen LogP contribution is -2.76. The van der Waals surface area contributed by atoms with Gasteiger partial charge in [-0.05, 0) is 41.0 Å². The highest BCUT2D eigenvalue weighted by atomic mass is 16.5. The first-order valence-corrected chi connectivity index (χ1v) is 15.5. The summed E-state index contributed by atoms with van der Waals surface area (Å²) in [4.78, 5) is 57.8. The van der Waals surface area contributed by atoms with Crippen LogP contribution in [0.15, 0.2) is 91.5 Å². The molecule has 0 aromatic heterocycles. The Labute approximate surface area is 274 Å². The number of carbonyl (C=O) groups is 4. The van der Waals surface area contributed by atoms with Gasteiger partial charge in [0.2, 0.25) is 11.8 Å². The van der Waals surface area contributed by atoms with Crippen molar-refractivity contribution in [2.75, 3.05) is 39.9 Å². The highest BCUT2D eigenvalue weighted by molar-refractivity contribution is 5.94. The van der Waals surface area contributed by atoms with Crippen molar-refractivity contribution in [3.63, 3.8) is 0 Å². The van der Waals surface area contributed by atoms with E-state index in [0.717, 1.165) is 16.7 Å². The van der Waals surface area contributed by atoms with Crippen molar-refractivity contribution < 1.29 is 29.0 Å². The fourth-order valence-corrected chi connectivity index (χ4v) is 5.95. The molecule has 2 aliphatic heterocycles. The number of urea groups is 1. The standard InChI is InChI=1S/C35H40N6O6/c1-3-17-39-24-32(43)40-30(20-25-12-14-29(42)15-13-25)34(45)38(22-27-10-7-11-28(19-27)33(44)36-16-18-47-2)23-31(40)41(39)35(46)37-21-26-8-5-4-6-9-26/h3-15,19,30-31,42H,1,16-18,20-24H2,2H3,(H,36,44)(H,37,46)/t30-,31?/m0/s1. The minimum absolute atomic E-state index is 0.0489. The number of fused-ring (bicyclic) bond motifs is 1. The van der Waals surface area contributed by atoms with E-state index in [-0.39, 0.29) is 62.6 Å². The normalized spacial score (nSPS) is 18.1. The summed E-state index contributed by atoms with van der Waals surface area (Å²) in [7, 11) is 1.56.